The van der Waals surface area contributed by atoms with E-state index in [1.54, 1.807) is 18.2 Å². The van der Waals surface area contributed by atoms with Crippen molar-refractivity contribution in [3.05, 3.63) is 70.3 Å². The summed E-state index contributed by atoms with van der Waals surface area (Å²) >= 11 is 6.37. The SMILES string of the molecule is NS(=O)(=O)C[C@H](C/C=C/[C@H](O)[C@@H]1CC[C@H]1CN1C[C@@]2(CCCc3cc(Cl)ccc32)COc2ccc(C(=O)O)cc21)C1CC1. The average molecular weight is 629 g/mol. The minimum absolute atomic E-state index is 0.00267. The van der Waals surface area contributed by atoms with Crippen molar-refractivity contribution in [1.82, 2.24) is 0 Å². The average Bonchev–Trinajstić information content (AvgIpc) is 3.78. The number of sulfonamides is 1. The van der Waals surface area contributed by atoms with E-state index in [1.165, 1.54) is 11.1 Å². The van der Waals surface area contributed by atoms with Crippen LogP contribution in [0.2, 0.25) is 5.02 Å². The molecule has 0 radical (unpaired) electrons. The van der Waals surface area contributed by atoms with Gasteiger partial charge in [-0.15, -0.1) is 0 Å². The number of aryl methyl sites for hydroxylation is 1. The molecule has 8 nitrogen and oxygen atoms in total. The third-order valence-corrected chi connectivity index (χ3v) is 11.3. The predicted octanol–water partition coefficient (Wildman–Crippen LogP) is 5.16. The first-order chi connectivity index (χ1) is 20.5. The van der Waals surface area contributed by atoms with Crippen LogP contribution in [0, 0.1) is 23.7 Å². The van der Waals surface area contributed by atoms with Gasteiger partial charge in [-0.05, 0) is 116 Å². The molecule has 0 saturated heterocycles. The fourth-order valence-corrected chi connectivity index (χ4v) is 8.80. The van der Waals surface area contributed by atoms with E-state index in [0.29, 0.717) is 37.8 Å². The molecule has 0 bridgehead atoms. The van der Waals surface area contributed by atoms with Crippen molar-refractivity contribution in [2.24, 2.45) is 28.8 Å². The number of hydrogen-bond acceptors (Lipinski definition) is 6. The van der Waals surface area contributed by atoms with Crippen molar-refractivity contribution < 1.29 is 28.2 Å². The summed E-state index contributed by atoms with van der Waals surface area (Å²) in [5.41, 5.74) is 3.23. The zero-order chi connectivity index (χ0) is 30.4. The van der Waals surface area contributed by atoms with Crippen molar-refractivity contribution in [2.45, 2.75) is 62.9 Å². The maximum absolute atomic E-state index is 11.9. The Morgan fingerprint density at radius 1 is 1.19 bits per heavy atom. The maximum atomic E-state index is 11.9. The van der Waals surface area contributed by atoms with Crippen LogP contribution in [-0.4, -0.2) is 56.2 Å². The van der Waals surface area contributed by atoms with Gasteiger partial charge in [-0.25, -0.2) is 18.4 Å². The summed E-state index contributed by atoms with van der Waals surface area (Å²) in [6, 6.07) is 11.2. The van der Waals surface area contributed by atoms with Crippen LogP contribution in [0.25, 0.3) is 0 Å². The van der Waals surface area contributed by atoms with Crippen LogP contribution in [0.15, 0.2) is 48.6 Å². The number of hydrogen-bond donors (Lipinski definition) is 3. The van der Waals surface area contributed by atoms with E-state index < -0.39 is 22.1 Å². The Balaban J connectivity index is 1.22. The number of aliphatic hydroxyl groups is 1. The molecule has 5 atom stereocenters. The normalized spacial score (nSPS) is 26.6. The Morgan fingerprint density at radius 2 is 2.00 bits per heavy atom. The van der Waals surface area contributed by atoms with Gasteiger partial charge in [0.15, 0.2) is 0 Å². The molecule has 0 amide bonds. The molecular formula is C33H41ClN2O6S. The molecular weight excluding hydrogens is 588 g/mol. The Bertz CT molecular complexity index is 1510. The molecule has 0 unspecified atom stereocenters. The number of halogens is 1. The minimum atomic E-state index is -3.54. The van der Waals surface area contributed by atoms with Crippen LogP contribution in [0.5, 0.6) is 5.75 Å². The summed E-state index contributed by atoms with van der Waals surface area (Å²) in [5.74, 6) is 0.359. The van der Waals surface area contributed by atoms with Gasteiger partial charge in [0.1, 0.15) is 5.75 Å². The lowest BCUT2D eigenvalue weighted by atomic mass is 9.68. The van der Waals surface area contributed by atoms with Crippen LogP contribution < -0.4 is 14.8 Å². The van der Waals surface area contributed by atoms with E-state index in [0.717, 1.165) is 55.7 Å². The van der Waals surface area contributed by atoms with Gasteiger partial charge in [0.05, 0.1) is 29.7 Å². The first-order valence-corrected chi connectivity index (χ1v) is 17.5. The van der Waals surface area contributed by atoms with E-state index >= 15 is 0 Å². The number of carboxylic acids is 1. The molecule has 4 N–H and O–H groups in total. The Kier molecular flexibility index (Phi) is 8.54. The van der Waals surface area contributed by atoms with Gasteiger partial charge in [-0.2, -0.15) is 0 Å². The second-order valence-corrected chi connectivity index (χ2v) is 15.3. The number of allylic oxidation sites excluding steroid dienone is 1. The highest BCUT2D eigenvalue weighted by molar-refractivity contribution is 7.89. The number of carbonyl (C=O) groups is 1. The monoisotopic (exact) mass is 628 g/mol. The molecule has 1 heterocycles. The van der Waals surface area contributed by atoms with Crippen LogP contribution in [0.1, 0.15) is 66.4 Å². The van der Waals surface area contributed by atoms with Crippen molar-refractivity contribution in [3.63, 3.8) is 0 Å². The molecule has 2 aromatic rings. The van der Waals surface area contributed by atoms with Gasteiger partial charge in [-0.3, -0.25) is 0 Å². The molecule has 0 aromatic heterocycles. The minimum Gasteiger partial charge on any atom is -0.490 e. The van der Waals surface area contributed by atoms with Crippen molar-refractivity contribution in [1.29, 1.82) is 0 Å². The third-order valence-electron chi connectivity index (χ3n) is 10.2. The van der Waals surface area contributed by atoms with Crippen molar-refractivity contribution in [3.8, 4) is 5.75 Å². The highest BCUT2D eigenvalue weighted by Gasteiger charge is 2.44. The van der Waals surface area contributed by atoms with Gasteiger partial charge in [0.25, 0.3) is 0 Å². The smallest absolute Gasteiger partial charge is 0.335 e. The summed E-state index contributed by atoms with van der Waals surface area (Å²) in [7, 11) is -3.54. The Hall–Kier alpha value is -2.59. The summed E-state index contributed by atoms with van der Waals surface area (Å²) in [6.45, 7) is 1.86. The lowest BCUT2D eigenvalue weighted by molar-refractivity contribution is 0.0455. The molecule has 1 spiro atoms. The number of nitrogens with zero attached hydrogens (tertiary/aromatic N) is 1. The standard InChI is InChI=1S/C33H41ClN2O6S/c34-26-10-12-28-22(15-26)4-2-14-33(28)19-36(29-16-23(32(38)39)9-13-31(29)42-20-33)17-24-8-11-27(24)30(37)5-1-3-25(21-6-7-21)18-43(35,40)41/h1,5,9-10,12-13,15-16,21,24-25,27,30,37H,2-4,6-8,11,14,17-20H2,(H,38,39)(H2,35,40,41)/b5-1+/t24-,25-,27+,30-,33-/m0/s1. The van der Waals surface area contributed by atoms with Crippen LogP contribution >= 0.6 is 11.6 Å². The zero-order valence-electron chi connectivity index (χ0n) is 24.3. The Labute approximate surface area is 258 Å². The van der Waals surface area contributed by atoms with Gasteiger partial charge < -0.3 is 19.8 Å². The number of rotatable bonds is 10. The largest absolute Gasteiger partial charge is 0.490 e. The van der Waals surface area contributed by atoms with Crippen molar-refractivity contribution in [2.75, 3.05) is 30.3 Å². The number of carboxylic acid groups (broad SMARTS) is 1. The first kappa shape index (κ1) is 30.4. The van der Waals surface area contributed by atoms with Crippen LogP contribution in [0.4, 0.5) is 5.69 Å². The lowest BCUT2D eigenvalue weighted by Gasteiger charge is -2.45. The molecule has 6 rings (SSSR count). The summed E-state index contributed by atoms with van der Waals surface area (Å²) < 4.78 is 29.8. The predicted molar refractivity (Wildman–Crippen MR) is 167 cm³/mol. The molecule has 4 aliphatic rings. The molecule has 3 aliphatic carbocycles. The van der Waals surface area contributed by atoms with E-state index in [9.17, 15) is 23.4 Å². The van der Waals surface area contributed by atoms with Gasteiger partial charge in [0.2, 0.25) is 10.0 Å². The summed E-state index contributed by atoms with van der Waals surface area (Å²) in [6.07, 6.45) is 10.6. The second kappa shape index (κ2) is 12.1. The molecule has 2 saturated carbocycles. The fraction of sp³-hybridized carbons (Fsp3) is 0.545. The van der Waals surface area contributed by atoms with E-state index in [1.807, 2.05) is 18.2 Å². The summed E-state index contributed by atoms with van der Waals surface area (Å²) in [4.78, 5) is 14.2. The molecule has 43 heavy (non-hydrogen) atoms. The number of anilines is 1. The molecule has 2 fully saturated rings. The quantitative estimate of drug-likeness (QED) is 0.310. The Morgan fingerprint density at radius 3 is 2.70 bits per heavy atom. The van der Waals surface area contributed by atoms with Gasteiger partial charge in [-0.1, -0.05) is 29.8 Å². The van der Waals surface area contributed by atoms with E-state index in [2.05, 4.69) is 17.0 Å². The molecule has 232 valence electrons. The maximum Gasteiger partial charge on any atom is 0.335 e. The van der Waals surface area contributed by atoms with Crippen LogP contribution in [-0.2, 0) is 21.9 Å². The van der Waals surface area contributed by atoms with Crippen LogP contribution in [0.3, 0.4) is 0 Å². The van der Waals surface area contributed by atoms with E-state index in [-0.39, 0.29) is 34.5 Å². The summed E-state index contributed by atoms with van der Waals surface area (Å²) in [5, 5.41) is 27.0. The topological polar surface area (TPSA) is 130 Å². The number of aromatic carboxylic acids is 1. The highest BCUT2D eigenvalue weighted by Crippen LogP contribution is 2.47. The number of fused-ring (bicyclic) bond motifs is 3. The first-order valence-electron chi connectivity index (χ1n) is 15.4. The molecule has 10 heteroatoms. The second-order valence-electron chi connectivity index (χ2n) is 13.2. The third kappa shape index (κ3) is 6.75. The number of benzene rings is 2. The molecule has 2 aromatic carbocycles. The van der Waals surface area contributed by atoms with Crippen molar-refractivity contribution >= 4 is 33.3 Å². The highest BCUT2D eigenvalue weighted by atomic mass is 35.5. The van der Waals surface area contributed by atoms with Gasteiger partial charge in [0, 0.05) is 23.5 Å². The number of nitrogens with two attached hydrogens (primary N) is 1. The lowest BCUT2D eigenvalue weighted by Crippen LogP contribution is -2.49. The number of ether oxygens (including phenoxy) is 1. The fourth-order valence-electron chi connectivity index (χ4n) is 7.60. The zero-order valence-corrected chi connectivity index (χ0v) is 25.9. The molecule has 1 aliphatic heterocycles. The number of primary sulfonamides is 1. The van der Waals surface area contributed by atoms with E-state index in [4.69, 9.17) is 21.5 Å². The van der Waals surface area contributed by atoms with Gasteiger partial charge >= 0.3 is 5.97 Å². The number of aliphatic hydroxyl groups excluding tert-OH is 1.